The number of carbonyl (C=O) groups excluding carboxylic acids is 2. The minimum Gasteiger partial charge on any atom is -0.466 e. The molecule has 0 atom stereocenters. The minimum atomic E-state index is -0.772. The first-order chi connectivity index (χ1) is 8.97. The monoisotopic (exact) mass is 287 g/mol. The van der Waals surface area contributed by atoms with Crippen LogP contribution >= 0.6 is 11.6 Å². The molecule has 0 unspecified atom stereocenters. The summed E-state index contributed by atoms with van der Waals surface area (Å²) in [5.74, 6) is -2.10. The van der Waals surface area contributed by atoms with Crippen LogP contribution in [0.3, 0.4) is 0 Å². The van der Waals surface area contributed by atoms with Crippen molar-refractivity contribution >= 4 is 29.2 Å². The lowest BCUT2D eigenvalue weighted by atomic mass is 10.3. The fourth-order valence-electron chi connectivity index (χ4n) is 1.16. The molecule has 1 aromatic rings. The fourth-order valence-corrected chi connectivity index (χ4v) is 1.34. The second kappa shape index (κ2) is 6.75. The zero-order chi connectivity index (χ0) is 14.4. The van der Waals surface area contributed by atoms with E-state index in [2.05, 4.69) is 14.8 Å². The number of hydrogen-bond acceptors (Lipinski definition) is 5. The summed E-state index contributed by atoms with van der Waals surface area (Å²) in [4.78, 5) is 22.6. The molecule has 0 aliphatic heterocycles. The SMILES string of the molecule is COC(=O)/C=C(/Nc1ccc(F)c(Cl)c1)C(=O)OC. The van der Waals surface area contributed by atoms with Gasteiger partial charge in [-0.15, -0.1) is 0 Å². The molecule has 0 heterocycles. The van der Waals surface area contributed by atoms with Gasteiger partial charge in [0, 0.05) is 5.69 Å². The van der Waals surface area contributed by atoms with Gasteiger partial charge in [0.05, 0.1) is 25.3 Å². The summed E-state index contributed by atoms with van der Waals surface area (Å²) >= 11 is 5.60. The predicted octanol–water partition coefficient (Wildman–Crippen LogP) is 2.12. The summed E-state index contributed by atoms with van der Waals surface area (Å²) in [6.45, 7) is 0. The Morgan fingerprint density at radius 3 is 2.53 bits per heavy atom. The van der Waals surface area contributed by atoms with Crippen molar-refractivity contribution in [3.63, 3.8) is 0 Å². The number of nitrogens with one attached hydrogen (secondary N) is 1. The van der Waals surface area contributed by atoms with Gasteiger partial charge in [-0.2, -0.15) is 0 Å². The first-order valence-corrected chi connectivity index (χ1v) is 5.45. The van der Waals surface area contributed by atoms with E-state index in [9.17, 15) is 14.0 Å². The van der Waals surface area contributed by atoms with Crippen LogP contribution in [0, 0.1) is 5.82 Å². The summed E-state index contributed by atoms with van der Waals surface area (Å²) in [6.07, 6.45) is 0.920. The normalized spacial score (nSPS) is 10.8. The number of rotatable bonds is 4. The average Bonchev–Trinajstić information content (AvgIpc) is 2.41. The number of benzene rings is 1. The number of esters is 2. The highest BCUT2D eigenvalue weighted by atomic mass is 35.5. The topological polar surface area (TPSA) is 64.6 Å². The number of methoxy groups -OCH3 is 2. The Labute approximate surface area is 114 Å². The molecule has 19 heavy (non-hydrogen) atoms. The van der Waals surface area contributed by atoms with Gasteiger partial charge in [0.15, 0.2) is 0 Å². The van der Waals surface area contributed by atoms with Gasteiger partial charge in [-0.25, -0.2) is 14.0 Å². The highest BCUT2D eigenvalue weighted by Crippen LogP contribution is 2.20. The third-order valence-corrected chi connectivity index (χ3v) is 2.36. The quantitative estimate of drug-likeness (QED) is 0.679. The van der Waals surface area contributed by atoms with Crippen molar-refractivity contribution in [3.05, 3.63) is 40.8 Å². The second-order valence-corrected chi connectivity index (χ2v) is 3.73. The smallest absolute Gasteiger partial charge is 0.354 e. The molecule has 0 saturated carbocycles. The molecule has 0 saturated heterocycles. The molecule has 5 nitrogen and oxygen atoms in total. The Bertz CT molecular complexity index is 530. The standard InChI is InChI=1S/C12H11ClFNO4/c1-18-11(16)6-10(12(17)19-2)15-7-3-4-9(14)8(13)5-7/h3-6,15H,1-2H3/b10-6+. The summed E-state index contributed by atoms with van der Waals surface area (Å²) in [5.41, 5.74) is 0.170. The van der Waals surface area contributed by atoms with E-state index < -0.39 is 17.8 Å². The molecule has 1 N–H and O–H groups in total. The van der Waals surface area contributed by atoms with Gasteiger partial charge < -0.3 is 14.8 Å². The number of halogens is 2. The Balaban J connectivity index is 3.00. The summed E-state index contributed by atoms with van der Waals surface area (Å²) in [5, 5.41) is 2.48. The molecule has 0 aliphatic carbocycles. The van der Waals surface area contributed by atoms with Crippen LogP contribution in [-0.2, 0) is 19.1 Å². The molecule has 0 aliphatic rings. The molecular formula is C12H11ClFNO4. The van der Waals surface area contributed by atoms with E-state index in [4.69, 9.17) is 11.6 Å². The van der Waals surface area contributed by atoms with E-state index in [-0.39, 0.29) is 10.7 Å². The Morgan fingerprint density at radius 1 is 1.32 bits per heavy atom. The van der Waals surface area contributed by atoms with Gasteiger partial charge in [-0.3, -0.25) is 0 Å². The minimum absolute atomic E-state index is 0.118. The fraction of sp³-hybridized carbons (Fsp3) is 0.167. The molecule has 0 fully saturated rings. The first-order valence-electron chi connectivity index (χ1n) is 5.08. The van der Waals surface area contributed by atoms with Crippen molar-refractivity contribution < 1.29 is 23.5 Å². The lowest BCUT2D eigenvalue weighted by molar-refractivity contribution is -0.138. The van der Waals surface area contributed by atoms with Crippen LogP contribution in [0.2, 0.25) is 5.02 Å². The van der Waals surface area contributed by atoms with E-state index >= 15 is 0 Å². The van der Waals surface area contributed by atoms with Crippen molar-refractivity contribution in [3.8, 4) is 0 Å². The molecule has 0 bridgehead atoms. The molecular weight excluding hydrogens is 277 g/mol. The Hall–Kier alpha value is -2.08. The lowest BCUT2D eigenvalue weighted by Gasteiger charge is -2.09. The summed E-state index contributed by atoms with van der Waals surface area (Å²) in [7, 11) is 2.33. The van der Waals surface area contributed by atoms with Crippen LogP contribution in [0.4, 0.5) is 10.1 Å². The van der Waals surface area contributed by atoms with Gasteiger partial charge >= 0.3 is 11.9 Å². The Kier molecular flexibility index (Phi) is 5.32. The lowest BCUT2D eigenvalue weighted by Crippen LogP contribution is -2.15. The number of anilines is 1. The van der Waals surface area contributed by atoms with E-state index in [1.54, 1.807) is 0 Å². The van der Waals surface area contributed by atoms with Crippen molar-refractivity contribution in [2.75, 3.05) is 19.5 Å². The molecule has 1 rings (SSSR count). The summed E-state index contributed by atoms with van der Waals surface area (Å²) < 4.78 is 21.9. The predicted molar refractivity (Wildman–Crippen MR) is 67.1 cm³/mol. The van der Waals surface area contributed by atoms with Crippen molar-refractivity contribution in [2.24, 2.45) is 0 Å². The molecule has 0 spiro atoms. The van der Waals surface area contributed by atoms with E-state index in [0.717, 1.165) is 19.3 Å². The maximum absolute atomic E-state index is 13.0. The second-order valence-electron chi connectivity index (χ2n) is 3.33. The van der Waals surface area contributed by atoms with Crippen LogP contribution < -0.4 is 5.32 Å². The zero-order valence-corrected chi connectivity index (χ0v) is 11.0. The number of carbonyl (C=O) groups is 2. The first kappa shape index (κ1) is 15.0. The molecule has 0 radical (unpaired) electrons. The van der Waals surface area contributed by atoms with E-state index in [1.165, 1.54) is 19.2 Å². The number of hydrogen-bond donors (Lipinski definition) is 1. The highest BCUT2D eigenvalue weighted by molar-refractivity contribution is 6.31. The van der Waals surface area contributed by atoms with Crippen LogP contribution in [0.5, 0.6) is 0 Å². The van der Waals surface area contributed by atoms with Crippen molar-refractivity contribution in [1.82, 2.24) is 0 Å². The van der Waals surface area contributed by atoms with Crippen molar-refractivity contribution in [2.45, 2.75) is 0 Å². The summed E-state index contributed by atoms with van der Waals surface area (Å²) in [6, 6.07) is 3.75. The van der Waals surface area contributed by atoms with Gasteiger partial charge in [0.1, 0.15) is 11.5 Å². The van der Waals surface area contributed by atoms with Crippen LogP contribution in [0.15, 0.2) is 30.0 Å². The highest BCUT2D eigenvalue weighted by Gasteiger charge is 2.13. The van der Waals surface area contributed by atoms with E-state index in [0.29, 0.717) is 5.69 Å². The molecule has 1 aromatic carbocycles. The van der Waals surface area contributed by atoms with Crippen LogP contribution in [0.25, 0.3) is 0 Å². The Morgan fingerprint density at radius 2 is 2.00 bits per heavy atom. The van der Waals surface area contributed by atoms with Gasteiger partial charge in [0.2, 0.25) is 0 Å². The van der Waals surface area contributed by atoms with Gasteiger partial charge in [-0.1, -0.05) is 11.6 Å². The van der Waals surface area contributed by atoms with Crippen molar-refractivity contribution in [1.29, 1.82) is 0 Å². The van der Waals surface area contributed by atoms with Crippen LogP contribution in [0.1, 0.15) is 0 Å². The third-order valence-electron chi connectivity index (χ3n) is 2.07. The van der Waals surface area contributed by atoms with Crippen LogP contribution in [-0.4, -0.2) is 26.2 Å². The third kappa shape index (κ3) is 4.26. The molecule has 0 amide bonds. The maximum atomic E-state index is 13.0. The molecule has 0 aromatic heterocycles. The molecule has 102 valence electrons. The van der Waals surface area contributed by atoms with E-state index in [1.807, 2.05) is 0 Å². The average molecular weight is 288 g/mol. The maximum Gasteiger partial charge on any atom is 0.354 e. The zero-order valence-electron chi connectivity index (χ0n) is 10.2. The number of ether oxygens (including phenoxy) is 2. The van der Waals surface area contributed by atoms with Gasteiger partial charge in [-0.05, 0) is 18.2 Å². The van der Waals surface area contributed by atoms with Gasteiger partial charge in [0.25, 0.3) is 0 Å². The molecule has 7 heteroatoms. The largest absolute Gasteiger partial charge is 0.466 e.